The van der Waals surface area contributed by atoms with E-state index in [1.807, 2.05) is 23.5 Å². The molecule has 1 aliphatic carbocycles. The lowest BCUT2D eigenvalue weighted by Gasteiger charge is -2.25. The van der Waals surface area contributed by atoms with Crippen molar-refractivity contribution in [1.29, 1.82) is 5.26 Å². The van der Waals surface area contributed by atoms with Crippen LogP contribution < -0.4 is 10.6 Å². The number of nitrogens with zero attached hydrogens (tertiary/aromatic N) is 3. The third kappa shape index (κ3) is 3.96. The molecular weight excluding hydrogens is 438 g/mol. The van der Waals surface area contributed by atoms with Gasteiger partial charge in [0.2, 0.25) is 0 Å². The Hall–Kier alpha value is -2.60. The molecule has 0 bridgehead atoms. The summed E-state index contributed by atoms with van der Waals surface area (Å²) in [6, 6.07) is 6.13. The highest BCUT2D eigenvalue weighted by molar-refractivity contribution is 7.16. The normalized spacial score (nSPS) is 15.6. The molecule has 2 aliphatic rings. The van der Waals surface area contributed by atoms with E-state index in [1.54, 1.807) is 11.3 Å². The predicted molar refractivity (Wildman–Crippen MR) is 130 cm³/mol. The Morgan fingerprint density at radius 3 is 2.72 bits per heavy atom. The molecule has 0 spiro atoms. The first kappa shape index (κ1) is 21.3. The van der Waals surface area contributed by atoms with Gasteiger partial charge < -0.3 is 9.88 Å². The Labute approximate surface area is 196 Å². The van der Waals surface area contributed by atoms with E-state index in [-0.39, 0.29) is 6.03 Å². The van der Waals surface area contributed by atoms with E-state index >= 15 is 0 Å². The zero-order valence-electron chi connectivity index (χ0n) is 18.2. The monoisotopic (exact) mass is 465 g/mol. The van der Waals surface area contributed by atoms with E-state index in [0.29, 0.717) is 17.1 Å². The number of nitriles is 1. The first-order chi connectivity index (χ1) is 15.7. The zero-order valence-corrected chi connectivity index (χ0v) is 19.9. The van der Waals surface area contributed by atoms with Gasteiger partial charge in [0.25, 0.3) is 0 Å². The number of anilines is 1. The molecule has 0 saturated carbocycles. The number of carbonyl (C=O) groups is 1. The average molecular weight is 466 g/mol. The van der Waals surface area contributed by atoms with E-state index in [2.05, 4.69) is 45.5 Å². The van der Waals surface area contributed by atoms with Crippen LogP contribution in [-0.2, 0) is 32.4 Å². The van der Waals surface area contributed by atoms with Gasteiger partial charge >= 0.3 is 6.03 Å². The molecule has 32 heavy (non-hydrogen) atoms. The van der Waals surface area contributed by atoms with E-state index in [9.17, 15) is 10.1 Å². The Kier molecular flexibility index (Phi) is 6.05. The fraction of sp³-hybridized carbons (Fsp3) is 0.417. The second kappa shape index (κ2) is 9.10. The molecule has 3 aromatic rings. The number of aromatic nitrogens is 1. The number of hydrogen-bond acceptors (Lipinski definition) is 5. The van der Waals surface area contributed by atoms with Gasteiger partial charge in [0.15, 0.2) is 0 Å². The number of rotatable bonds is 5. The number of carbonyl (C=O) groups excluding carboxylic acids is 1. The summed E-state index contributed by atoms with van der Waals surface area (Å²) in [5.74, 6) is 0. The number of aryl methyl sites for hydroxylation is 1. The summed E-state index contributed by atoms with van der Waals surface area (Å²) in [6.07, 6.45) is 9.36. The molecule has 0 radical (unpaired) electrons. The van der Waals surface area contributed by atoms with Crippen molar-refractivity contribution in [1.82, 2.24) is 14.8 Å². The second-order valence-corrected chi connectivity index (χ2v) is 10.5. The van der Waals surface area contributed by atoms with Crippen molar-refractivity contribution in [2.45, 2.75) is 52.1 Å². The van der Waals surface area contributed by atoms with Gasteiger partial charge in [0.1, 0.15) is 16.1 Å². The van der Waals surface area contributed by atoms with E-state index < -0.39 is 0 Å². The summed E-state index contributed by atoms with van der Waals surface area (Å²) in [4.78, 5) is 17.9. The molecule has 2 amide bonds. The second-order valence-electron chi connectivity index (χ2n) is 8.33. The number of thiophene rings is 2. The number of urea groups is 1. The number of amides is 2. The lowest BCUT2D eigenvalue weighted by molar-refractivity contribution is 0.251. The molecule has 0 unspecified atom stereocenters. The van der Waals surface area contributed by atoms with Gasteiger partial charge in [0, 0.05) is 47.3 Å². The van der Waals surface area contributed by atoms with Crippen LogP contribution in [0.15, 0.2) is 24.5 Å². The fourth-order valence-electron chi connectivity index (χ4n) is 4.73. The molecule has 0 saturated heterocycles. The van der Waals surface area contributed by atoms with Crippen LogP contribution in [0.5, 0.6) is 0 Å². The molecule has 8 heteroatoms. The molecule has 0 atom stereocenters. The summed E-state index contributed by atoms with van der Waals surface area (Å²) >= 11 is 3.39. The molecule has 3 aromatic heterocycles. The predicted octanol–water partition coefficient (Wildman–Crippen LogP) is 5.05. The van der Waals surface area contributed by atoms with E-state index in [4.69, 9.17) is 0 Å². The Balaban J connectivity index is 1.35. The number of nitrogens with one attached hydrogen (secondary N) is 2. The maximum Gasteiger partial charge on any atom is 0.320 e. The highest BCUT2D eigenvalue weighted by Crippen LogP contribution is 2.38. The lowest BCUT2D eigenvalue weighted by atomic mass is 9.96. The average Bonchev–Trinajstić information content (AvgIpc) is 3.53. The van der Waals surface area contributed by atoms with Gasteiger partial charge in [0.05, 0.1) is 5.56 Å². The van der Waals surface area contributed by atoms with Crippen molar-refractivity contribution in [2.75, 3.05) is 18.4 Å². The zero-order chi connectivity index (χ0) is 22.1. The van der Waals surface area contributed by atoms with Crippen molar-refractivity contribution in [3.05, 3.63) is 56.5 Å². The summed E-state index contributed by atoms with van der Waals surface area (Å²) in [7, 11) is 0. The fourth-order valence-corrected chi connectivity index (χ4v) is 7.34. The van der Waals surface area contributed by atoms with Gasteiger partial charge in [-0.15, -0.1) is 22.7 Å². The molecule has 166 valence electrons. The summed E-state index contributed by atoms with van der Waals surface area (Å²) in [5.41, 5.74) is 4.38. The number of fused-ring (bicyclic) bond motifs is 2. The van der Waals surface area contributed by atoms with Crippen LogP contribution in [0.3, 0.4) is 0 Å². The van der Waals surface area contributed by atoms with E-state index in [1.165, 1.54) is 25.9 Å². The number of hydrogen-bond donors (Lipinski definition) is 2. The summed E-state index contributed by atoms with van der Waals surface area (Å²) < 4.78 is 2.15. The molecule has 0 fully saturated rings. The molecule has 2 N–H and O–H groups in total. The summed E-state index contributed by atoms with van der Waals surface area (Å²) in [6.45, 7) is 5.76. The smallest absolute Gasteiger partial charge is 0.320 e. The quantitative estimate of drug-likeness (QED) is 0.554. The highest BCUT2D eigenvalue weighted by Gasteiger charge is 2.25. The Bertz CT molecular complexity index is 1170. The summed E-state index contributed by atoms with van der Waals surface area (Å²) in [5, 5.41) is 17.6. The molecule has 4 heterocycles. The van der Waals surface area contributed by atoms with Crippen LogP contribution in [0.25, 0.3) is 5.00 Å². The van der Waals surface area contributed by atoms with Gasteiger partial charge in [-0.25, -0.2) is 4.79 Å². The van der Waals surface area contributed by atoms with Crippen molar-refractivity contribution in [3.8, 4) is 11.1 Å². The minimum atomic E-state index is -0.246. The standard InChI is InChI=1S/C24H27N5OS2/c1-2-28-12-9-17-19(23(32-21(17)15-28)29-10-5-6-11-29)14-26-24(30)27-22-18(13-25)16-7-3-4-8-20(16)31-22/h5-6,10-11H,2-4,7-9,12,14-15H2,1H3,(H2,26,27,30). The van der Waals surface area contributed by atoms with Gasteiger partial charge in [-0.05, 0) is 61.9 Å². The van der Waals surface area contributed by atoms with Crippen molar-refractivity contribution >= 4 is 33.7 Å². The first-order valence-corrected chi connectivity index (χ1v) is 12.9. The highest BCUT2D eigenvalue weighted by atomic mass is 32.1. The Morgan fingerprint density at radius 1 is 1.12 bits per heavy atom. The van der Waals surface area contributed by atoms with E-state index in [0.717, 1.165) is 57.3 Å². The molecular formula is C24H27N5OS2. The van der Waals surface area contributed by atoms with Gasteiger partial charge in [-0.3, -0.25) is 10.2 Å². The van der Waals surface area contributed by atoms with Crippen molar-refractivity contribution in [3.63, 3.8) is 0 Å². The number of likely N-dealkylation sites (N-methyl/N-ethyl adjacent to an activating group) is 1. The van der Waals surface area contributed by atoms with Crippen LogP contribution in [0.1, 0.15) is 51.8 Å². The largest absolute Gasteiger partial charge is 0.334 e. The maximum atomic E-state index is 12.8. The topological polar surface area (TPSA) is 73.1 Å². The molecule has 6 nitrogen and oxygen atoms in total. The van der Waals surface area contributed by atoms with Crippen molar-refractivity contribution < 1.29 is 4.79 Å². The van der Waals surface area contributed by atoms with Crippen LogP contribution >= 0.6 is 22.7 Å². The van der Waals surface area contributed by atoms with Gasteiger partial charge in [-0.2, -0.15) is 5.26 Å². The Morgan fingerprint density at radius 2 is 1.94 bits per heavy atom. The first-order valence-electron chi connectivity index (χ1n) is 11.3. The minimum Gasteiger partial charge on any atom is -0.334 e. The van der Waals surface area contributed by atoms with Crippen molar-refractivity contribution in [2.24, 2.45) is 0 Å². The van der Waals surface area contributed by atoms with Crippen LogP contribution in [0.4, 0.5) is 9.80 Å². The maximum absolute atomic E-state index is 12.8. The van der Waals surface area contributed by atoms with Crippen LogP contribution in [0.2, 0.25) is 0 Å². The minimum absolute atomic E-state index is 0.246. The third-order valence-electron chi connectivity index (χ3n) is 6.45. The van der Waals surface area contributed by atoms with Crippen LogP contribution in [0, 0.1) is 11.3 Å². The third-order valence-corrected chi connectivity index (χ3v) is 8.93. The molecule has 1 aliphatic heterocycles. The van der Waals surface area contributed by atoms with Gasteiger partial charge in [-0.1, -0.05) is 6.92 Å². The SMILES string of the molecule is CCN1CCc2c(sc(-n3cccc3)c2CNC(=O)Nc2sc3c(c2C#N)CCCC3)C1. The molecule has 5 rings (SSSR count). The van der Waals surface area contributed by atoms with Crippen LogP contribution in [-0.4, -0.2) is 28.6 Å². The molecule has 0 aromatic carbocycles. The lowest BCUT2D eigenvalue weighted by Crippen LogP contribution is -2.31.